The van der Waals surface area contributed by atoms with Crippen molar-refractivity contribution >= 4 is 33.9 Å². The van der Waals surface area contributed by atoms with Gasteiger partial charge in [-0.25, -0.2) is 9.79 Å². The van der Waals surface area contributed by atoms with Gasteiger partial charge in [-0.05, 0) is 67.0 Å². The van der Waals surface area contributed by atoms with Crippen molar-refractivity contribution in [2.24, 2.45) is 4.99 Å². The van der Waals surface area contributed by atoms with Crippen LogP contribution in [0.5, 0.6) is 5.75 Å². The van der Waals surface area contributed by atoms with Gasteiger partial charge in [-0.3, -0.25) is 0 Å². The summed E-state index contributed by atoms with van der Waals surface area (Å²) >= 11 is 3.46. The Bertz CT molecular complexity index is 927. The fourth-order valence-corrected chi connectivity index (χ4v) is 2.58. The molecule has 0 amide bonds. The molecule has 26 heavy (non-hydrogen) atoms. The van der Waals surface area contributed by atoms with E-state index >= 15 is 0 Å². The van der Waals surface area contributed by atoms with Crippen LogP contribution in [-0.2, 0) is 9.53 Å². The van der Waals surface area contributed by atoms with Crippen molar-refractivity contribution < 1.29 is 14.3 Å². The van der Waals surface area contributed by atoms with Crippen molar-refractivity contribution in [3.8, 4) is 5.75 Å². The summed E-state index contributed by atoms with van der Waals surface area (Å²) in [4.78, 5) is 16.4. The second-order valence-electron chi connectivity index (χ2n) is 6.11. The molecule has 1 aliphatic rings. The van der Waals surface area contributed by atoms with E-state index < -0.39 is 5.97 Å². The van der Waals surface area contributed by atoms with Crippen molar-refractivity contribution in [3.63, 3.8) is 0 Å². The number of cyclic esters (lactones) is 1. The number of carbonyl (C=O) groups excluding carboxylic acids is 1. The number of aryl methyl sites for hydroxylation is 1. The first-order valence-corrected chi connectivity index (χ1v) is 8.88. The summed E-state index contributed by atoms with van der Waals surface area (Å²) in [6.07, 6.45) is 1.70. The normalized spacial score (nSPS) is 15.0. The zero-order valence-corrected chi connectivity index (χ0v) is 16.2. The van der Waals surface area contributed by atoms with Crippen LogP contribution in [0.3, 0.4) is 0 Å². The average molecular weight is 412 g/mol. The molecule has 0 atom stereocenters. The van der Waals surface area contributed by atoms with Crippen LogP contribution in [0.1, 0.15) is 23.6 Å². The summed E-state index contributed by atoms with van der Waals surface area (Å²) in [5.41, 5.74) is 3.89. The molecule has 0 aliphatic carbocycles. The van der Waals surface area contributed by atoms with Gasteiger partial charge in [0.25, 0.3) is 0 Å². The highest BCUT2D eigenvalue weighted by molar-refractivity contribution is 9.10. The summed E-state index contributed by atoms with van der Waals surface area (Å²) < 4.78 is 11.9. The third kappa shape index (κ3) is 4.29. The lowest BCUT2D eigenvalue weighted by atomic mass is 10.1. The molecule has 0 saturated heterocycles. The minimum absolute atomic E-state index is 0.274. The van der Waals surface area contributed by atoms with Crippen LogP contribution < -0.4 is 4.74 Å². The Morgan fingerprint density at radius 2 is 2.00 bits per heavy atom. The first-order valence-electron chi connectivity index (χ1n) is 8.09. The smallest absolute Gasteiger partial charge is 0.363 e. The van der Waals surface area contributed by atoms with E-state index in [9.17, 15) is 4.79 Å². The van der Waals surface area contributed by atoms with E-state index in [1.165, 1.54) is 0 Å². The number of hydrogen-bond donors (Lipinski definition) is 0. The molecule has 5 heteroatoms. The van der Waals surface area contributed by atoms with Gasteiger partial charge in [-0.1, -0.05) is 34.6 Å². The van der Waals surface area contributed by atoms with E-state index in [0.29, 0.717) is 12.5 Å². The molecule has 1 aliphatic heterocycles. The fourth-order valence-electron chi connectivity index (χ4n) is 2.34. The van der Waals surface area contributed by atoms with Gasteiger partial charge in [0.2, 0.25) is 5.90 Å². The van der Waals surface area contributed by atoms with Gasteiger partial charge in [-0.15, -0.1) is 0 Å². The van der Waals surface area contributed by atoms with Crippen LogP contribution in [-0.4, -0.2) is 18.5 Å². The number of halogens is 1. The number of rotatable bonds is 5. The number of ether oxygens (including phenoxy) is 2. The van der Waals surface area contributed by atoms with Gasteiger partial charge in [0, 0.05) is 10.0 Å². The van der Waals surface area contributed by atoms with E-state index in [1.807, 2.05) is 56.3 Å². The molecule has 0 N–H and O–H groups in total. The molecule has 0 saturated carbocycles. The second kappa shape index (κ2) is 7.70. The zero-order valence-electron chi connectivity index (χ0n) is 14.6. The van der Waals surface area contributed by atoms with E-state index in [4.69, 9.17) is 9.47 Å². The predicted octanol–water partition coefficient (Wildman–Crippen LogP) is 5.06. The summed E-state index contributed by atoms with van der Waals surface area (Å²) in [7, 11) is 0. The summed E-state index contributed by atoms with van der Waals surface area (Å²) in [6, 6.07) is 13.1. The van der Waals surface area contributed by atoms with Gasteiger partial charge < -0.3 is 9.47 Å². The lowest BCUT2D eigenvalue weighted by Gasteiger charge is -2.05. The molecular weight excluding hydrogens is 394 g/mol. The molecule has 0 bridgehead atoms. The van der Waals surface area contributed by atoms with E-state index in [-0.39, 0.29) is 5.70 Å². The van der Waals surface area contributed by atoms with Crippen LogP contribution in [0.2, 0.25) is 0 Å². The monoisotopic (exact) mass is 411 g/mol. The third-order valence-corrected chi connectivity index (χ3v) is 4.58. The Kier molecular flexibility index (Phi) is 5.38. The predicted molar refractivity (Wildman–Crippen MR) is 106 cm³/mol. The standard InChI is InChI=1S/C21H18BrNO3/c1-13(2)12-25-17-7-4-15(5-8-17)11-19-21(24)26-20(23-19)16-6-9-18(22)14(3)10-16/h4-11H,1,12H2,2-3H3. The quantitative estimate of drug-likeness (QED) is 0.392. The number of nitrogens with zero attached hydrogens (tertiary/aromatic N) is 1. The van der Waals surface area contributed by atoms with E-state index in [2.05, 4.69) is 27.5 Å². The lowest BCUT2D eigenvalue weighted by molar-refractivity contribution is -0.129. The lowest BCUT2D eigenvalue weighted by Crippen LogP contribution is -2.05. The highest BCUT2D eigenvalue weighted by Crippen LogP contribution is 2.23. The molecule has 4 nitrogen and oxygen atoms in total. The first kappa shape index (κ1) is 18.1. The third-order valence-electron chi connectivity index (χ3n) is 3.69. The molecule has 2 aromatic carbocycles. The average Bonchev–Trinajstić information content (AvgIpc) is 2.97. The maximum atomic E-state index is 12.1. The van der Waals surface area contributed by atoms with Crippen molar-refractivity contribution in [1.29, 1.82) is 0 Å². The number of hydrogen-bond acceptors (Lipinski definition) is 4. The molecule has 1 heterocycles. The van der Waals surface area contributed by atoms with Crippen LogP contribution in [0.15, 0.2) is 69.8 Å². The number of benzene rings is 2. The molecule has 2 aromatic rings. The van der Waals surface area contributed by atoms with Crippen molar-refractivity contribution in [2.75, 3.05) is 6.61 Å². The highest BCUT2D eigenvalue weighted by Gasteiger charge is 2.24. The highest BCUT2D eigenvalue weighted by atomic mass is 79.9. The molecule has 0 spiro atoms. The number of aliphatic imine (C=N–C) groups is 1. The summed E-state index contributed by atoms with van der Waals surface area (Å²) in [5, 5.41) is 0. The molecular formula is C21H18BrNO3. The maximum Gasteiger partial charge on any atom is 0.363 e. The van der Waals surface area contributed by atoms with Gasteiger partial charge in [0.15, 0.2) is 5.70 Å². The van der Waals surface area contributed by atoms with Gasteiger partial charge in [-0.2, -0.15) is 0 Å². The van der Waals surface area contributed by atoms with Gasteiger partial charge in [0.1, 0.15) is 12.4 Å². The largest absolute Gasteiger partial charge is 0.489 e. The van der Waals surface area contributed by atoms with E-state index in [0.717, 1.165) is 32.5 Å². The van der Waals surface area contributed by atoms with Crippen LogP contribution in [0.25, 0.3) is 6.08 Å². The SMILES string of the molecule is C=C(C)COc1ccc(C=C2N=C(c3ccc(Br)c(C)c3)OC2=O)cc1. The fraction of sp³-hybridized carbons (Fsp3) is 0.143. The minimum Gasteiger partial charge on any atom is -0.489 e. The second-order valence-corrected chi connectivity index (χ2v) is 6.97. The molecule has 0 unspecified atom stereocenters. The number of carbonyl (C=O) groups is 1. The molecule has 0 aromatic heterocycles. The minimum atomic E-state index is -0.455. The molecule has 3 rings (SSSR count). The topological polar surface area (TPSA) is 47.9 Å². The van der Waals surface area contributed by atoms with Crippen molar-refractivity contribution in [2.45, 2.75) is 13.8 Å². The Balaban J connectivity index is 1.79. The Morgan fingerprint density at radius 1 is 1.27 bits per heavy atom. The molecule has 0 fully saturated rings. The zero-order chi connectivity index (χ0) is 18.7. The Labute approximate surface area is 161 Å². The van der Waals surface area contributed by atoms with E-state index in [1.54, 1.807) is 6.08 Å². The number of esters is 1. The first-order chi connectivity index (χ1) is 12.4. The van der Waals surface area contributed by atoms with Crippen molar-refractivity contribution in [3.05, 3.63) is 81.5 Å². The van der Waals surface area contributed by atoms with Crippen molar-refractivity contribution in [1.82, 2.24) is 0 Å². The van der Waals surface area contributed by atoms with Crippen LogP contribution in [0, 0.1) is 6.92 Å². The molecule has 0 radical (unpaired) electrons. The van der Waals surface area contributed by atoms with Crippen LogP contribution in [0.4, 0.5) is 0 Å². The molecule has 132 valence electrons. The maximum absolute atomic E-state index is 12.1. The Hall–Kier alpha value is -2.66. The van der Waals surface area contributed by atoms with Crippen LogP contribution >= 0.6 is 15.9 Å². The summed E-state index contributed by atoms with van der Waals surface area (Å²) in [6.45, 7) is 8.16. The Morgan fingerprint density at radius 3 is 2.65 bits per heavy atom. The summed E-state index contributed by atoms with van der Waals surface area (Å²) in [5.74, 6) is 0.611. The van der Waals surface area contributed by atoms with Gasteiger partial charge in [0.05, 0.1) is 0 Å². The van der Waals surface area contributed by atoms with Gasteiger partial charge >= 0.3 is 5.97 Å².